The van der Waals surface area contributed by atoms with E-state index in [2.05, 4.69) is 26.2 Å². The minimum absolute atomic E-state index is 0.0131. The van der Waals surface area contributed by atoms with Gasteiger partial charge in [0.15, 0.2) is 0 Å². The van der Waals surface area contributed by atoms with E-state index in [1.165, 1.54) is 0 Å². The summed E-state index contributed by atoms with van der Waals surface area (Å²) in [4.78, 5) is 11.0. The Balaban J connectivity index is 3.10. The predicted molar refractivity (Wildman–Crippen MR) is 70.6 cm³/mol. The number of hydrogen-bond acceptors (Lipinski definition) is 2. The van der Waals surface area contributed by atoms with Crippen LogP contribution in [0, 0.1) is 11.3 Å². The van der Waals surface area contributed by atoms with Gasteiger partial charge in [-0.3, -0.25) is 4.79 Å². The van der Waals surface area contributed by atoms with Gasteiger partial charge in [-0.1, -0.05) is 31.2 Å². The van der Waals surface area contributed by atoms with E-state index < -0.39 is 6.10 Å². The average molecular weight is 234 g/mol. The Morgan fingerprint density at radius 2 is 2.41 bits per heavy atom. The molecule has 0 aromatic rings. The number of aliphatic hydroxyl groups excluding tert-OH is 1. The molecule has 3 atom stereocenters. The summed E-state index contributed by atoms with van der Waals surface area (Å²) in [5.41, 5.74) is 1.57. The summed E-state index contributed by atoms with van der Waals surface area (Å²) in [6.45, 7) is 11.6. The predicted octanol–water partition coefficient (Wildman–Crippen LogP) is 3.04. The first-order chi connectivity index (χ1) is 7.94. The highest BCUT2D eigenvalue weighted by Crippen LogP contribution is 2.46. The number of allylic oxidation sites excluding steroid dienone is 3. The number of carbonyl (C=O) groups is 1. The van der Waals surface area contributed by atoms with Crippen LogP contribution in [0.15, 0.2) is 36.5 Å². The quantitative estimate of drug-likeness (QED) is 0.451. The highest BCUT2D eigenvalue weighted by atomic mass is 16.3. The maximum absolute atomic E-state index is 11.0. The molecule has 17 heavy (non-hydrogen) atoms. The van der Waals surface area contributed by atoms with Crippen molar-refractivity contribution in [3.8, 4) is 0 Å². The molecule has 1 aliphatic rings. The lowest BCUT2D eigenvalue weighted by molar-refractivity contribution is -0.105. The standard InChI is InChI=1S/C15H22O2/c1-5-15(4)8-6-7-13(9-12(3)17)14(15)11(2)10-16/h5,7,10,12,14,17H,1-2,6,8-9H2,3-4H3/t12?,14-,15+/m0/s1. The molecule has 1 N–H and O–H groups in total. The van der Waals surface area contributed by atoms with Crippen LogP contribution in [0.5, 0.6) is 0 Å². The van der Waals surface area contributed by atoms with Gasteiger partial charge < -0.3 is 5.11 Å². The van der Waals surface area contributed by atoms with Gasteiger partial charge in [0.2, 0.25) is 0 Å². The average Bonchev–Trinajstić information content (AvgIpc) is 2.27. The van der Waals surface area contributed by atoms with E-state index >= 15 is 0 Å². The van der Waals surface area contributed by atoms with Crippen LogP contribution in [0.1, 0.15) is 33.1 Å². The number of aldehydes is 1. The van der Waals surface area contributed by atoms with Crippen molar-refractivity contribution >= 4 is 6.29 Å². The summed E-state index contributed by atoms with van der Waals surface area (Å²) in [6, 6.07) is 0. The summed E-state index contributed by atoms with van der Waals surface area (Å²) in [7, 11) is 0. The second-order valence-corrected chi connectivity index (χ2v) is 5.21. The van der Waals surface area contributed by atoms with Crippen molar-refractivity contribution in [1.29, 1.82) is 0 Å². The zero-order valence-corrected chi connectivity index (χ0v) is 10.8. The van der Waals surface area contributed by atoms with Gasteiger partial charge in [0.05, 0.1) is 6.10 Å². The van der Waals surface area contributed by atoms with Crippen molar-refractivity contribution in [3.05, 3.63) is 36.5 Å². The van der Waals surface area contributed by atoms with Crippen LogP contribution in [-0.2, 0) is 4.79 Å². The lowest BCUT2D eigenvalue weighted by atomic mass is 9.64. The van der Waals surface area contributed by atoms with Gasteiger partial charge in [-0.25, -0.2) is 0 Å². The molecule has 0 radical (unpaired) electrons. The molecule has 0 amide bonds. The van der Waals surface area contributed by atoms with Crippen LogP contribution < -0.4 is 0 Å². The van der Waals surface area contributed by atoms with Crippen LogP contribution in [0.2, 0.25) is 0 Å². The zero-order valence-electron chi connectivity index (χ0n) is 10.8. The van der Waals surface area contributed by atoms with Crippen LogP contribution in [0.3, 0.4) is 0 Å². The van der Waals surface area contributed by atoms with Gasteiger partial charge in [-0.2, -0.15) is 0 Å². The Hall–Kier alpha value is -1.15. The molecule has 1 rings (SSSR count). The second kappa shape index (κ2) is 5.46. The van der Waals surface area contributed by atoms with E-state index in [9.17, 15) is 9.90 Å². The van der Waals surface area contributed by atoms with Crippen LogP contribution >= 0.6 is 0 Å². The van der Waals surface area contributed by atoms with Crippen LogP contribution in [0.25, 0.3) is 0 Å². The van der Waals surface area contributed by atoms with Gasteiger partial charge in [0, 0.05) is 5.92 Å². The SMILES string of the molecule is C=C[C@]1(C)CCC=C(CC(C)O)[C@@H]1C(=C)C=O. The Labute approximate surface area is 104 Å². The van der Waals surface area contributed by atoms with Gasteiger partial charge in [-0.05, 0) is 37.2 Å². The molecule has 0 aromatic carbocycles. The van der Waals surface area contributed by atoms with E-state index in [0.717, 1.165) is 24.7 Å². The zero-order chi connectivity index (χ0) is 13.1. The number of aliphatic hydroxyl groups is 1. The Morgan fingerprint density at radius 1 is 1.76 bits per heavy atom. The lowest BCUT2D eigenvalue weighted by Crippen LogP contribution is -2.32. The first-order valence-corrected chi connectivity index (χ1v) is 6.09. The van der Waals surface area contributed by atoms with E-state index in [1.807, 2.05) is 6.08 Å². The van der Waals surface area contributed by atoms with Crippen molar-refractivity contribution in [2.24, 2.45) is 11.3 Å². The summed E-state index contributed by atoms with van der Waals surface area (Å²) in [5.74, 6) is -0.0131. The minimum atomic E-state index is -0.393. The van der Waals surface area contributed by atoms with E-state index in [0.29, 0.717) is 12.0 Å². The molecule has 0 fully saturated rings. The van der Waals surface area contributed by atoms with Gasteiger partial charge >= 0.3 is 0 Å². The van der Waals surface area contributed by atoms with E-state index in [-0.39, 0.29) is 11.3 Å². The monoisotopic (exact) mass is 234 g/mol. The third-order valence-corrected chi connectivity index (χ3v) is 3.64. The normalized spacial score (nSPS) is 30.3. The van der Waals surface area contributed by atoms with Gasteiger partial charge in [0.1, 0.15) is 6.29 Å². The van der Waals surface area contributed by atoms with Crippen molar-refractivity contribution in [2.45, 2.75) is 39.2 Å². The maximum Gasteiger partial charge on any atom is 0.146 e. The van der Waals surface area contributed by atoms with E-state index in [1.54, 1.807) is 6.92 Å². The van der Waals surface area contributed by atoms with Crippen molar-refractivity contribution in [3.63, 3.8) is 0 Å². The first-order valence-electron chi connectivity index (χ1n) is 6.09. The van der Waals surface area contributed by atoms with E-state index in [4.69, 9.17) is 0 Å². The molecule has 2 heteroatoms. The molecular formula is C15H22O2. The first kappa shape index (κ1) is 13.9. The lowest BCUT2D eigenvalue weighted by Gasteiger charge is -2.40. The molecule has 0 heterocycles. The van der Waals surface area contributed by atoms with Crippen molar-refractivity contribution < 1.29 is 9.90 Å². The molecule has 0 bridgehead atoms. The fraction of sp³-hybridized carbons (Fsp3) is 0.533. The van der Waals surface area contributed by atoms with Crippen LogP contribution in [0.4, 0.5) is 0 Å². The fourth-order valence-electron chi connectivity index (χ4n) is 2.75. The van der Waals surface area contributed by atoms with Crippen molar-refractivity contribution in [2.75, 3.05) is 0 Å². The molecule has 0 saturated carbocycles. The molecule has 94 valence electrons. The molecule has 0 aromatic heterocycles. The molecule has 0 aliphatic heterocycles. The van der Waals surface area contributed by atoms with Crippen LogP contribution in [-0.4, -0.2) is 17.5 Å². The maximum atomic E-state index is 11.0. The molecular weight excluding hydrogens is 212 g/mol. The third kappa shape index (κ3) is 2.95. The largest absolute Gasteiger partial charge is 0.393 e. The molecule has 1 unspecified atom stereocenters. The minimum Gasteiger partial charge on any atom is -0.393 e. The topological polar surface area (TPSA) is 37.3 Å². The summed E-state index contributed by atoms with van der Waals surface area (Å²) >= 11 is 0. The summed E-state index contributed by atoms with van der Waals surface area (Å²) < 4.78 is 0. The summed E-state index contributed by atoms with van der Waals surface area (Å²) in [5, 5.41) is 9.54. The molecule has 0 saturated heterocycles. The highest BCUT2D eigenvalue weighted by Gasteiger charge is 2.37. The Kier molecular flexibility index (Phi) is 4.47. The van der Waals surface area contributed by atoms with Gasteiger partial charge in [-0.15, -0.1) is 6.58 Å². The number of carbonyl (C=O) groups excluding carboxylic acids is 1. The highest BCUT2D eigenvalue weighted by molar-refractivity contribution is 5.74. The smallest absolute Gasteiger partial charge is 0.146 e. The number of hydrogen-bond donors (Lipinski definition) is 1. The molecule has 0 spiro atoms. The summed E-state index contributed by atoms with van der Waals surface area (Å²) in [6.07, 6.45) is 7.02. The van der Waals surface area contributed by atoms with Gasteiger partial charge in [0.25, 0.3) is 0 Å². The second-order valence-electron chi connectivity index (χ2n) is 5.21. The molecule has 1 aliphatic carbocycles. The fourth-order valence-corrected chi connectivity index (χ4v) is 2.75. The van der Waals surface area contributed by atoms with Crippen molar-refractivity contribution in [1.82, 2.24) is 0 Å². The molecule has 2 nitrogen and oxygen atoms in total. The Bertz CT molecular complexity index is 352. The third-order valence-electron chi connectivity index (χ3n) is 3.64. The Morgan fingerprint density at radius 3 is 2.88 bits per heavy atom. The number of rotatable bonds is 5.